The molecule has 15 heavy (non-hydrogen) atoms. The zero-order valence-corrected chi connectivity index (χ0v) is 11.1. The van der Waals surface area contributed by atoms with Crippen molar-refractivity contribution in [3.8, 4) is 0 Å². The minimum absolute atomic E-state index is 1.05. The van der Waals surface area contributed by atoms with Crippen molar-refractivity contribution in [2.45, 2.75) is 78.6 Å². The molecule has 0 aromatic heterocycles. The molecular formula is C15H30. The molecule has 0 bridgehead atoms. The Labute approximate surface area is 97.2 Å². The van der Waals surface area contributed by atoms with E-state index in [-0.39, 0.29) is 0 Å². The van der Waals surface area contributed by atoms with Crippen LogP contribution in [0.1, 0.15) is 78.6 Å². The first-order valence-corrected chi connectivity index (χ1v) is 7.04. The fourth-order valence-corrected chi connectivity index (χ4v) is 2.07. The molecule has 0 nitrogen and oxygen atoms in total. The Morgan fingerprint density at radius 1 is 0.733 bits per heavy atom. The lowest BCUT2D eigenvalue weighted by Crippen LogP contribution is -1.78. The van der Waals surface area contributed by atoms with Crippen molar-refractivity contribution < 1.29 is 0 Å². The van der Waals surface area contributed by atoms with Crippen LogP contribution in [0.15, 0.2) is 12.2 Å². The Balaban J connectivity index is 0.000000227. The van der Waals surface area contributed by atoms with E-state index in [9.17, 15) is 0 Å². The number of hydrogen-bond donors (Lipinski definition) is 0. The van der Waals surface area contributed by atoms with Crippen LogP contribution in [0.5, 0.6) is 0 Å². The van der Waals surface area contributed by atoms with E-state index >= 15 is 0 Å². The summed E-state index contributed by atoms with van der Waals surface area (Å²) in [4.78, 5) is 0. The van der Waals surface area contributed by atoms with Crippen LogP contribution in [0.4, 0.5) is 0 Å². The summed E-state index contributed by atoms with van der Waals surface area (Å²) in [6.07, 6.45) is 17.4. The zero-order valence-electron chi connectivity index (χ0n) is 11.1. The molecule has 2 rings (SSSR count). The summed E-state index contributed by atoms with van der Waals surface area (Å²) in [5, 5.41) is 0. The van der Waals surface area contributed by atoms with E-state index in [2.05, 4.69) is 19.1 Å². The summed E-state index contributed by atoms with van der Waals surface area (Å²) in [5.74, 6) is 1.05. The van der Waals surface area contributed by atoms with E-state index < -0.39 is 0 Å². The van der Waals surface area contributed by atoms with Gasteiger partial charge in [0.05, 0.1) is 0 Å². The first kappa shape index (κ1) is 14.7. The Morgan fingerprint density at radius 2 is 1.20 bits per heavy atom. The lowest BCUT2D eigenvalue weighted by atomic mass is 10.2. The average molecular weight is 210 g/mol. The van der Waals surface area contributed by atoms with Gasteiger partial charge in [0.25, 0.3) is 0 Å². The van der Waals surface area contributed by atoms with Crippen LogP contribution >= 0.6 is 0 Å². The summed E-state index contributed by atoms with van der Waals surface area (Å²) in [6.45, 7) is 6.34. The van der Waals surface area contributed by atoms with E-state index in [0.29, 0.717) is 0 Å². The molecule has 2 aliphatic rings. The van der Waals surface area contributed by atoms with Crippen LogP contribution in [0.2, 0.25) is 0 Å². The van der Waals surface area contributed by atoms with Gasteiger partial charge >= 0.3 is 0 Å². The largest absolute Gasteiger partial charge is 0.0885 e. The van der Waals surface area contributed by atoms with Gasteiger partial charge in [0.15, 0.2) is 0 Å². The summed E-state index contributed by atoms with van der Waals surface area (Å²) in [6, 6.07) is 0. The smallest absolute Gasteiger partial charge is 0.0351 e. The van der Waals surface area contributed by atoms with E-state index in [0.717, 1.165) is 5.92 Å². The SMILES string of the molecule is C1=CCCCCC1.CC.CC1CCCC1. The van der Waals surface area contributed by atoms with Gasteiger partial charge in [0.2, 0.25) is 0 Å². The molecule has 0 heterocycles. The van der Waals surface area contributed by atoms with Crippen LogP contribution in [-0.2, 0) is 0 Å². The average Bonchev–Trinajstić information content (AvgIpc) is 2.62. The molecular weight excluding hydrogens is 180 g/mol. The summed E-state index contributed by atoms with van der Waals surface area (Å²) in [5.41, 5.74) is 0. The van der Waals surface area contributed by atoms with Gasteiger partial charge in [-0.1, -0.05) is 65.0 Å². The predicted molar refractivity (Wildman–Crippen MR) is 71.2 cm³/mol. The van der Waals surface area contributed by atoms with Gasteiger partial charge in [-0.2, -0.15) is 0 Å². The molecule has 0 atom stereocenters. The van der Waals surface area contributed by atoms with Crippen molar-refractivity contribution in [2.75, 3.05) is 0 Å². The highest BCUT2D eigenvalue weighted by Gasteiger charge is 2.07. The summed E-state index contributed by atoms with van der Waals surface area (Å²) < 4.78 is 0. The molecule has 1 saturated carbocycles. The monoisotopic (exact) mass is 210 g/mol. The second kappa shape index (κ2) is 11.8. The van der Waals surface area contributed by atoms with Crippen LogP contribution in [0.3, 0.4) is 0 Å². The van der Waals surface area contributed by atoms with Crippen LogP contribution < -0.4 is 0 Å². The van der Waals surface area contributed by atoms with Crippen LogP contribution in [-0.4, -0.2) is 0 Å². The molecule has 0 aromatic carbocycles. The zero-order chi connectivity index (χ0) is 11.4. The number of allylic oxidation sites excluding steroid dienone is 2. The molecule has 0 aromatic rings. The third-order valence-electron chi connectivity index (χ3n) is 3.05. The second-order valence-corrected chi connectivity index (χ2v) is 4.50. The van der Waals surface area contributed by atoms with Crippen LogP contribution in [0.25, 0.3) is 0 Å². The quantitative estimate of drug-likeness (QED) is 0.448. The van der Waals surface area contributed by atoms with E-state index in [4.69, 9.17) is 0 Å². The van der Waals surface area contributed by atoms with E-state index in [1.54, 1.807) is 0 Å². The Kier molecular flexibility index (Phi) is 11.6. The van der Waals surface area contributed by atoms with Crippen molar-refractivity contribution in [1.82, 2.24) is 0 Å². The van der Waals surface area contributed by atoms with Gasteiger partial charge in [-0.15, -0.1) is 0 Å². The standard InChI is InChI=1S/C7H12.C6H12.C2H6/c1-2-4-6-7-5-3-1;1-6-4-2-3-5-6;1-2/h1-2H,3-7H2;6H,2-5H2,1H3;1-2H3. The van der Waals surface area contributed by atoms with Crippen molar-refractivity contribution >= 4 is 0 Å². The Bertz CT molecular complexity index is 121. The highest BCUT2D eigenvalue weighted by molar-refractivity contribution is 4.83. The molecule has 90 valence electrons. The maximum Gasteiger partial charge on any atom is -0.0351 e. The molecule has 2 aliphatic carbocycles. The van der Waals surface area contributed by atoms with Gasteiger partial charge in [0.1, 0.15) is 0 Å². The molecule has 0 radical (unpaired) electrons. The highest BCUT2D eigenvalue weighted by atomic mass is 14.1. The highest BCUT2D eigenvalue weighted by Crippen LogP contribution is 2.22. The topological polar surface area (TPSA) is 0 Å². The molecule has 0 unspecified atom stereocenters. The summed E-state index contributed by atoms with van der Waals surface area (Å²) >= 11 is 0. The molecule has 0 N–H and O–H groups in total. The minimum atomic E-state index is 1.05. The van der Waals surface area contributed by atoms with Gasteiger partial charge in [-0.3, -0.25) is 0 Å². The third kappa shape index (κ3) is 10.0. The van der Waals surface area contributed by atoms with Crippen molar-refractivity contribution in [3.05, 3.63) is 12.2 Å². The normalized spacial score (nSPS) is 20.7. The summed E-state index contributed by atoms with van der Waals surface area (Å²) in [7, 11) is 0. The van der Waals surface area contributed by atoms with Crippen molar-refractivity contribution in [3.63, 3.8) is 0 Å². The number of hydrogen-bond acceptors (Lipinski definition) is 0. The van der Waals surface area contributed by atoms with Crippen molar-refractivity contribution in [1.29, 1.82) is 0 Å². The molecule has 0 heteroatoms. The molecule has 0 aliphatic heterocycles. The van der Waals surface area contributed by atoms with Gasteiger partial charge in [-0.05, 0) is 31.6 Å². The molecule has 1 fully saturated rings. The maximum absolute atomic E-state index is 2.34. The fourth-order valence-electron chi connectivity index (χ4n) is 2.07. The van der Waals surface area contributed by atoms with Gasteiger partial charge in [0, 0.05) is 0 Å². The van der Waals surface area contributed by atoms with Gasteiger partial charge in [-0.25, -0.2) is 0 Å². The lowest BCUT2D eigenvalue weighted by Gasteiger charge is -1.91. The molecule has 0 amide bonds. The Hall–Kier alpha value is -0.260. The predicted octanol–water partition coefficient (Wildman–Crippen LogP) is 5.73. The molecule has 0 spiro atoms. The third-order valence-corrected chi connectivity index (χ3v) is 3.05. The fraction of sp³-hybridized carbons (Fsp3) is 0.867. The first-order chi connectivity index (χ1) is 7.39. The van der Waals surface area contributed by atoms with Crippen LogP contribution in [0, 0.1) is 5.92 Å². The first-order valence-electron chi connectivity index (χ1n) is 7.04. The van der Waals surface area contributed by atoms with Crippen molar-refractivity contribution in [2.24, 2.45) is 5.92 Å². The Morgan fingerprint density at radius 3 is 1.53 bits per heavy atom. The van der Waals surface area contributed by atoms with E-state index in [1.165, 1.54) is 57.8 Å². The minimum Gasteiger partial charge on any atom is -0.0885 e. The number of rotatable bonds is 0. The lowest BCUT2D eigenvalue weighted by molar-refractivity contribution is 0.612. The second-order valence-electron chi connectivity index (χ2n) is 4.50. The molecule has 0 saturated heterocycles. The maximum atomic E-state index is 2.34. The van der Waals surface area contributed by atoms with E-state index in [1.807, 2.05) is 13.8 Å². The van der Waals surface area contributed by atoms with Gasteiger partial charge < -0.3 is 0 Å².